The molecule has 1 aliphatic heterocycles. The molecule has 2 aromatic rings. The smallest absolute Gasteiger partial charge is 0.120 e. The first-order valence-corrected chi connectivity index (χ1v) is 9.91. The van der Waals surface area contributed by atoms with Crippen LogP contribution >= 0.6 is 0 Å². The molecule has 3 rings (SSSR count). The van der Waals surface area contributed by atoms with Crippen molar-refractivity contribution >= 4 is 0 Å². The lowest BCUT2D eigenvalue weighted by molar-refractivity contribution is 0.305. The van der Waals surface area contributed by atoms with Gasteiger partial charge in [0.05, 0.1) is 11.6 Å². The molecule has 142 valence electrons. The fraction of sp³-hybridized carbons (Fsp3) is 0.435. The quantitative estimate of drug-likeness (QED) is 0.733. The number of nitriles is 1. The number of likely N-dealkylation sites (tertiary alicyclic amines) is 1. The Kier molecular flexibility index (Phi) is 7.27. The molecule has 0 amide bonds. The zero-order valence-corrected chi connectivity index (χ0v) is 16.2. The number of hydrogen-bond acceptors (Lipinski definition) is 4. The number of ether oxygens (including phenoxy) is 1. The van der Waals surface area contributed by atoms with Crippen LogP contribution in [-0.2, 0) is 13.2 Å². The molecule has 0 spiro atoms. The van der Waals surface area contributed by atoms with E-state index in [1.54, 1.807) is 0 Å². The van der Waals surface area contributed by atoms with Gasteiger partial charge in [0.25, 0.3) is 0 Å². The van der Waals surface area contributed by atoms with E-state index in [4.69, 9.17) is 4.74 Å². The van der Waals surface area contributed by atoms with E-state index in [2.05, 4.69) is 35.3 Å². The summed E-state index contributed by atoms with van der Waals surface area (Å²) in [5.74, 6) is 1.61. The van der Waals surface area contributed by atoms with Gasteiger partial charge in [-0.25, -0.2) is 0 Å². The topological polar surface area (TPSA) is 48.3 Å². The van der Waals surface area contributed by atoms with Crippen LogP contribution in [-0.4, -0.2) is 31.1 Å². The lowest BCUT2D eigenvalue weighted by Gasteiger charge is -2.15. The van der Waals surface area contributed by atoms with Crippen LogP contribution in [0.2, 0.25) is 0 Å². The van der Waals surface area contributed by atoms with E-state index in [9.17, 15) is 5.26 Å². The molecule has 1 heterocycles. The largest absolute Gasteiger partial charge is 0.489 e. The third-order valence-corrected chi connectivity index (χ3v) is 5.10. The van der Waals surface area contributed by atoms with Gasteiger partial charge in [0.15, 0.2) is 0 Å². The van der Waals surface area contributed by atoms with Gasteiger partial charge in [-0.1, -0.05) is 37.3 Å². The molecule has 1 N–H and O–H groups in total. The molecule has 0 bridgehead atoms. The van der Waals surface area contributed by atoms with Crippen LogP contribution < -0.4 is 10.1 Å². The van der Waals surface area contributed by atoms with E-state index >= 15 is 0 Å². The number of nitrogens with zero attached hydrogens (tertiary/aromatic N) is 2. The Morgan fingerprint density at radius 3 is 2.96 bits per heavy atom. The van der Waals surface area contributed by atoms with Crippen LogP contribution in [0.15, 0.2) is 48.5 Å². The minimum absolute atomic E-state index is 0.413. The monoisotopic (exact) mass is 363 g/mol. The van der Waals surface area contributed by atoms with Crippen molar-refractivity contribution in [2.45, 2.75) is 32.9 Å². The van der Waals surface area contributed by atoms with Crippen LogP contribution in [0.5, 0.6) is 5.75 Å². The third-order valence-electron chi connectivity index (χ3n) is 5.10. The lowest BCUT2D eigenvalue weighted by Crippen LogP contribution is -2.26. The fourth-order valence-electron chi connectivity index (χ4n) is 3.68. The molecule has 0 radical (unpaired) electrons. The maximum absolute atomic E-state index is 9.18. The number of rotatable bonds is 9. The van der Waals surface area contributed by atoms with E-state index in [-0.39, 0.29) is 0 Å². The average molecular weight is 364 g/mol. The second-order valence-corrected chi connectivity index (χ2v) is 7.29. The van der Waals surface area contributed by atoms with Crippen LogP contribution in [0.3, 0.4) is 0 Å². The first-order chi connectivity index (χ1) is 13.3. The van der Waals surface area contributed by atoms with Crippen LogP contribution in [0.4, 0.5) is 0 Å². The van der Waals surface area contributed by atoms with Gasteiger partial charge in [-0.2, -0.15) is 5.26 Å². The molecule has 2 aromatic carbocycles. The predicted molar refractivity (Wildman–Crippen MR) is 108 cm³/mol. The Labute approximate surface area is 162 Å². The van der Waals surface area contributed by atoms with Gasteiger partial charge in [-0.15, -0.1) is 0 Å². The summed E-state index contributed by atoms with van der Waals surface area (Å²) in [5.41, 5.74) is 2.81. The first kappa shape index (κ1) is 19.4. The molecule has 0 aliphatic carbocycles. The maximum atomic E-state index is 9.18. The summed E-state index contributed by atoms with van der Waals surface area (Å²) in [6, 6.07) is 18.0. The number of benzene rings is 2. The fourth-order valence-corrected chi connectivity index (χ4v) is 3.68. The average Bonchev–Trinajstić information content (AvgIpc) is 3.14. The van der Waals surface area contributed by atoms with Gasteiger partial charge in [-0.05, 0) is 62.2 Å². The molecule has 0 aromatic heterocycles. The minimum atomic E-state index is 0.413. The molecule has 4 heteroatoms. The molecule has 1 aliphatic rings. The van der Waals surface area contributed by atoms with Crippen molar-refractivity contribution in [3.8, 4) is 11.8 Å². The highest BCUT2D eigenvalue weighted by atomic mass is 16.5. The number of hydrogen-bond donors (Lipinski definition) is 1. The zero-order valence-electron chi connectivity index (χ0n) is 16.2. The first-order valence-electron chi connectivity index (χ1n) is 9.91. The van der Waals surface area contributed by atoms with Crippen molar-refractivity contribution in [2.24, 2.45) is 5.92 Å². The highest BCUT2D eigenvalue weighted by molar-refractivity contribution is 5.37. The molecule has 27 heavy (non-hydrogen) atoms. The Bertz CT molecular complexity index is 768. The predicted octanol–water partition coefficient (Wildman–Crippen LogP) is 3.96. The van der Waals surface area contributed by atoms with E-state index in [0.29, 0.717) is 12.2 Å². The Balaban J connectivity index is 1.46. The van der Waals surface area contributed by atoms with Crippen LogP contribution in [0.1, 0.15) is 36.5 Å². The molecular weight excluding hydrogens is 334 g/mol. The van der Waals surface area contributed by atoms with Crippen molar-refractivity contribution in [3.63, 3.8) is 0 Å². The summed E-state index contributed by atoms with van der Waals surface area (Å²) in [7, 11) is 0. The van der Waals surface area contributed by atoms with E-state index < -0.39 is 0 Å². The van der Waals surface area contributed by atoms with Crippen molar-refractivity contribution in [1.82, 2.24) is 10.2 Å². The van der Waals surface area contributed by atoms with Crippen LogP contribution in [0, 0.1) is 17.2 Å². The summed E-state index contributed by atoms with van der Waals surface area (Å²) < 4.78 is 5.91. The van der Waals surface area contributed by atoms with Gasteiger partial charge >= 0.3 is 0 Å². The van der Waals surface area contributed by atoms with Gasteiger partial charge in [0, 0.05) is 18.7 Å². The highest BCUT2D eigenvalue weighted by Crippen LogP contribution is 2.18. The summed E-state index contributed by atoms with van der Waals surface area (Å²) in [4.78, 5) is 2.57. The second kappa shape index (κ2) is 10.1. The van der Waals surface area contributed by atoms with E-state index in [0.717, 1.165) is 30.3 Å². The molecule has 1 fully saturated rings. The Morgan fingerprint density at radius 2 is 2.11 bits per heavy atom. The second-order valence-electron chi connectivity index (χ2n) is 7.29. The molecule has 1 unspecified atom stereocenters. The SMILES string of the molecule is CCCN1CCC(CNCc2cccc(OCc3ccccc3C#N)c2)C1. The third kappa shape index (κ3) is 5.82. The molecule has 1 saturated heterocycles. The van der Waals surface area contributed by atoms with Gasteiger partial charge < -0.3 is 15.0 Å². The standard InChI is InChI=1S/C23H29N3O/c1-2-11-26-12-10-20(17-26)16-25-15-19-6-5-9-23(13-19)27-18-22-8-4-3-7-21(22)14-24/h3-9,13,20,25H,2,10-12,15-18H2,1H3. The molecule has 0 saturated carbocycles. The van der Waals surface area contributed by atoms with Gasteiger partial charge in [-0.3, -0.25) is 0 Å². The highest BCUT2D eigenvalue weighted by Gasteiger charge is 2.20. The van der Waals surface area contributed by atoms with E-state index in [1.165, 1.54) is 38.0 Å². The number of nitrogens with one attached hydrogen (secondary N) is 1. The summed E-state index contributed by atoms with van der Waals surface area (Å²) in [5, 5.41) is 12.8. The Morgan fingerprint density at radius 1 is 1.22 bits per heavy atom. The van der Waals surface area contributed by atoms with Gasteiger partial charge in [0.2, 0.25) is 0 Å². The zero-order chi connectivity index (χ0) is 18.9. The van der Waals surface area contributed by atoms with E-state index in [1.807, 2.05) is 36.4 Å². The Hall–Kier alpha value is -2.35. The minimum Gasteiger partial charge on any atom is -0.489 e. The maximum Gasteiger partial charge on any atom is 0.120 e. The summed E-state index contributed by atoms with van der Waals surface area (Å²) in [6.45, 7) is 8.29. The normalized spacial score (nSPS) is 17.0. The van der Waals surface area contributed by atoms with Crippen molar-refractivity contribution in [2.75, 3.05) is 26.2 Å². The van der Waals surface area contributed by atoms with Crippen molar-refractivity contribution < 1.29 is 4.74 Å². The summed E-state index contributed by atoms with van der Waals surface area (Å²) >= 11 is 0. The molecular formula is C23H29N3O. The lowest BCUT2D eigenvalue weighted by atomic mass is 10.1. The van der Waals surface area contributed by atoms with Crippen LogP contribution in [0.25, 0.3) is 0 Å². The van der Waals surface area contributed by atoms with Crippen molar-refractivity contribution in [3.05, 3.63) is 65.2 Å². The van der Waals surface area contributed by atoms with Crippen molar-refractivity contribution in [1.29, 1.82) is 5.26 Å². The summed E-state index contributed by atoms with van der Waals surface area (Å²) in [6.07, 6.45) is 2.54. The molecule has 1 atom stereocenters. The molecule has 4 nitrogen and oxygen atoms in total. The van der Waals surface area contributed by atoms with Gasteiger partial charge in [0.1, 0.15) is 12.4 Å².